The molecule has 4 aliphatic carbocycles. The van der Waals surface area contributed by atoms with Gasteiger partial charge in [0.15, 0.2) is 11.6 Å². The summed E-state index contributed by atoms with van der Waals surface area (Å²) >= 11 is 0. The van der Waals surface area contributed by atoms with Crippen LogP contribution in [0.2, 0.25) is 0 Å². The van der Waals surface area contributed by atoms with Crippen LogP contribution in [0.25, 0.3) is 0 Å². The summed E-state index contributed by atoms with van der Waals surface area (Å²) in [4.78, 5) is 24.7. The van der Waals surface area contributed by atoms with Crippen molar-refractivity contribution in [2.45, 2.75) is 70.5 Å². The van der Waals surface area contributed by atoms with Crippen LogP contribution in [0.15, 0.2) is 11.6 Å². The number of ketones is 2. The molecule has 0 heterocycles. The van der Waals surface area contributed by atoms with Crippen molar-refractivity contribution in [2.75, 3.05) is 6.61 Å². The molecule has 31 heavy (non-hydrogen) atoms. The minimum absolute atomic E-state index is 0. The van der Waals surface area contributed by atoms with Crippen LogP contribution in [-0.4, -0.2) is 53.1 Å². The Balaban J connectivity index is 0.00000272. The first-order valence-electron chi connectivity index (χ1n) is 10.6. The summed E-state index contributed by atoms with van der Waals surface area (Å²) < 4.78 is 36.4. The first-order valence-corrected chi connectivity index (χ1v) is 11.9. The van der Waals surface area contributed by atoms with Crippen LogP contribution in [0.1, 0.15) is 58.8 Å². The van der Waals surface area contributed by atoms with Gasteiger partial charge < -0.3 is 14.8 Å². The molecule has 4 aliphatic rings. The first-order chi connectivity index (χ1) is 13.8. The van der Waals surface area contributed by atoms with Gasteiger partial charge in [-0.2, -0.15) is 0 Å². The Labute approximate surface area is 205 Å². The van der Waals surface area contributed by atoms with Crippen LogP contribution in [-0.2, 0) is 24.2 Å². The zero-order valence-corrected chi connectivity index (χ0v) is 21.1. The van der Waals surface area contributed by atoms with Gasteiger partial charge in [0, 0.05) is 11.8 Å². The molecule has 0 spiro atoms. The fourth-order valence-electron chi connectivity index (χ4n) is 7.40. The molecule has 8 nitrogen and oxygen atoms in total. The molecule has 10 heteroatoms. The molecule has 0 radical (unpaired) electrons. The fourth-order valence-corrected chi connectivity index (χ4v) is 7.65. The molecule has 0 aromatic heterocycles. The SMILES string of the molecule is CC12CCC(=O)C=C1CCC1C2C(O)CC2(C)C1CCC2(O)C(=O)COS(=O)(=O)[O-].[Na+]. The maximum atomic E-state index is 12.8. The van der Waals surface area contributed by atoms with Crippen molar-refractivity contribution in [3.63, 3.8) is 0 Å². The zero-order chi connectivity index (χ0) is 22.1. The third-order valence-corrected chi connectivity index (χ3v) is 9.25. The maximum Gasteiger partial charge on any atom is 1.00 e. The molecule has 168 valence electrons. The van der Waals surface area contributed by atoms with Gasteiger partial charge in [-0.05, 0) is 67.8 Å². The zero-order valence-electron chi connectivity index (χ0n) is 18.3. The Morgan fingerprint density at radius 2 is 1.94 bits per heavy atom. The average Bonchev–Trinajstić information content (AvgIpc) is 2.91. The number of rotatable bonds is 4. The average molecular weight is 465 g/mol. The molecule has 0 saturated heterocycles. The van der Waals surface area contributed by atoms with E-state index in [9.17, 15) is 32.8 Å². The van der Waals surface area contributed by atoms with Crippen molar-refractivity contribution in [3.05, 3.63) is 11.6 Å². The van der Waals surface area contributed by atoms with E-state index in [-0.39, 0.29) is 71.4 Å². The molecular formula is C21H29NaO8S. The molecule has 0 bridgehead atoms. The third-order valence-electron chi connectivity index (χ3n) is 8.84. The minimum Gasteiger partial charge on any atom is -0.726 e. The second-order valence-electron chi connectivity index (χ2n) is 10.1. The van der Waals surface area contributed by atoms with Crippen molar-refractivity contribution in [3.8, 4) is 0 Å². The summed E-state index contributed by atoms with van der Waals surface area (Å²) in [5.41, 5.74) is -1.97. The van der Waals surface area contributed by atoms with Crippen molar-refractivity contribution in [1.82, 2.24) is 0 Å². The Kier molecular flexibility index (Phi) is 6.80. The minimum atomic E-state index is -5.05. The molecule has 0 aromatic carbocycles. The van der Waals surface area contributed by atoms with Gasteiger partial charge in [-0.25, -0.2) is 8.42 Å². The summed E-state index contributed by atoms with van der Waals surface area (Å²) in [5, 5.41) is 22.6. The van der Waals surface area contributed by atoms with Crippen molar-refractivity contribution >= 4 is 22.0 Å². The summed E-state index contributed by atoms with van der Waals surface area (Å²) in [6.07, 6.45) is 4.57. The summed E-state index contributed by atoms with van der Waals surface area (Å²) in [6, 6.07) is 0. The normalized spacial score (nSPS) is 44.4. The van der Waals surface area contributed by atoms with E-state index in [0.717, 1.165) is 18.4 Å². The van der Waals surface area contributed by atoms with Gasteiger partial charge >= 0.3 is 29.6 Å². The van der Waals surface area contributed by atoms with Crippen LogP contribution in [0.4, 0.5) is 0 Å². The molecule has 7 atom stereocenters. The van der Waals surface area contributed by atoms with E-state index < -0.39 is 39.9 Å². The number of hydrogen-bond acceptors (Lipinski definition) is 8. The van der Waals surface area contributed by atoms with Gasteiger partial charge in [0.2, 0.25) is 10.4 Å². The number of carbonyl (C=O) groups excluding carboxylic acids is 2. The molecule has 3 fully saturated rings. The molecule has 4 rings (SSSR count). The van der Waals surface area contributed by atoms with E-state index in [1.807, 2.05) is 0 Å². The second-order valence-corrected chi connectivity index (χ2v) is 11.1. The molecule has 0 aliphatic heterocycles. The number of Topliss-reactive ketones (excluding diaryl/α,β-unsaturated/α-hetero) is 1. The van der Waals surface area contributed by atoms with Gasteiger partial charge in [0.1, 0.15) is 12.2 Å². The number of aliphatic hydroxyl groups excluding tert-OH is 1. The van der Waals surface area contributed by atoms with E-state index in [4.69, 9.17) is 0 Å². The molecule has 7 unspecified atom stereocenters. The topological polar surface area (TPSA) is 141 Å². The predicted octanol–water partition coefficient (Wildman–Crippen LogP) is -1.73. The van der Waals surface area contributed by atoms with Crippen molar-refractivity contribution in [1.29, 1.82) is 0 Å². The van der Waals surface area contributed by atoms with E-state index in [1.54, 1.807) is 13.0 Å². The van der Waals surface area contributed by atoms with Crippen molar-refractivity contribution < 1.29 is 66.5 Å². The Morgan fingerprint density at radius 1 is 1.26 bits per heavy atom. The Bertz CT molecular complexity index is 916. The largest absolute Gasteiger partial charge is 1.00 e. The van der Waals surface area contributed by atoms with Gasteiger partial charge in [0.05, 0.1) is 6.10 Å². The summed E-state index contributed by atoms with van der Waals surface area (Å²) in [5.74, 6) is -0.701. The van der Waals surface area contributed by atoms with Gasteiger partial charge in [-0.1, -0.05) is 19.4 Å². The van der Waals surface area contributed by atoms with E-state index >= 15 is 0 Å². The standard InChI is InChI=1S/C21H30O8S.Na/c1-19-7-5-13(22)9-12(19)3-4-14-15-6-8-21(25,17(24)11-29-30(26,27)28)20(15,2)10-16(23)18(14)19;/h9,14-16,18,23,25H,3-8,10-11H2,1-2H3,(H,26,27,28);/q;+1/p-1. The summed E-state index contributed by atoms with van der Waals surface area (Å²) in [6.45, 7) is 2.90. The first kappa shape index (κ1) is 25.5. The molecule has 3 saturated carbocycles. The summed E-state index contributed by atoms with van der Waals surface area (Å²) in [7, 11) is -5.05. The maximum absolute atomic E-state index is 12.8. The molecule has 0 amide bonds. The van der Waals surface area contributed by atoms with Crippen LogP contribution in [0, 0.1) is 28.6 Å². The second kappa shape index (κ2) is 8.27. The van der Waals surface area contributed by atoms with Crippen LogP contribution < -0.4 is 29.6 Å². The molecule has 2 N–H and O–H groups in total. The van der Waals surface area contributed by atoms with Crippen LogP contribution in [0.3, 0.4) is 0 Å². The van der Waals surface area contributed by atoms with Crippen LogP contribution >= 0.6 is 0 Å². The van der Waals surface area contributed by atoms with Gasteiger partial charge in [0.25, 0.3) is 0 Å². The number of carbonyl (C=O) groups is 2. The number of fused-ring (bicyclic) bond motifs is 5. The number of allylic oxidation sites excluding steroid dienone is 1. The number of aliphatic hydroxyl groups is 2. The van der Waals surface area contributed by atoms with Gasteiger partial charge in [-0.3, -0.25) is 13.8 Å². The molecular weight excluding hydrogens is 435 g/mol. The Morgan fingerprint density at radius 3 is 2.58 bits per heavy atom. The van der Waals surface area contributed by atoms with E-state index in [2.05, 4.69) is 11.1 Å². The fraction of sp³-hybridized carbons (Fsp3) is 0.810. The van der Waals surface area contributed by atoms with Crippen molar-refractivity contribution in [2.24, 2.45) is 28.6 Å². The van der Waals surface area contributed by atoms with E-state index in [0.29, 0.717) is 19.3 Å². The van der Waals surface area contributed by atoms with Gasteiger partial charge in [-0.15, -0.1) is 0 Å². The predicted molar refractivity (Wildman–Crippen MR) is 104 cm³/mol. The molecule has 0 aromatic rings. The third kappa shape index (κ3) is 3.93. The quantitative estimate of drug-likeness (QED) is 0.284. The van der Waals surface area contributed by atoms with E-state index in [1.165, 1.54) is 0 Å². The smallest absolute Gasteiger partial charge is 0.726 e. The van der Waals surface area contributed by atoms with Crippen LogP contribution in [0.5, 0.6) is 0 Å². The Hall–Kier alpha value is -0.130. The number of hydrogen-bond donors (Lipinski definition) is 2. The monoisotopic (exact) mass is 464 g/mol.